The summed E-state index contributed by atoms with van der Waals surface area (Å²) in [4.78, 5) is 147. The van der Waals surface area contributed by atoms with Crippen LogP contribution in [0, 0.1) is 0 Å². The van der Waals surface area contributed by atoms with Gasteiger partial charge in [-0.25, -0.2) is 4.98 Å². The zero-order chi connectivity index (χ0) is 55.0. The first-order valence-electron chi connectivity index (χ1n) is 25.7. The molecule has 76 heavy (non-hydrogen) atoms. The van der Waals surface area contributed by atoms with Crippen molar-refractivity contribution in [1.29, 1.82) is 0 Å². The summed E-state index contributed by atoms with van der Waals surface area (Å²) >= 11 is 0. The average molecular weight is 1050 g/mol. The van der Waals surface area contributed by atoms with Crippen molar-refractivity contribution >= 4 is 70.0 Å². The number of hydrogen-bond acceptors (Lipinski definition) is 12. The van der Waals surface area contributed by atoms with Gasteiger partial charge in [-0.2, -0.15) is 0 Å². The van der Waals surface area contributed by atoms with Crippen molar-refractivity contribution in [2.45, 2.75) is 140 Å². The number of amides is 10. The fourth-order valence-corrected chi connectivity index (χ4v) is 8.65. The largest absolute Gasteiger partial charge is 0.368 e. The van der Waals surface area contributed by atoms with Crippen molar-refractivity contribution in [2.75, 3.05) is 19.6 Å². The number of carbonyl (C=O) groups excluding carboxylic acids is 10. The van der Waals surface area contributed by atoms with Crippen LogP contribution in [0.4, 0.5) is 0 Å². The molecule has 410 valence electrons. The number of para-hydroxylation sites is 1. The number of nitrogens with two attached hydrogens (primary N) is 2. The summed E-state index contributed by atoms with van der Waals surface area (Å²) < 4.78 is 0. The minimum Gasteiger partial charge on any atom is -0.368 e. The van der Waals surface area contributed by atoms with E-state index in [1.807, 2.05) is 25.1 Å². The third kappa shape index (κ3) is 19.0. The predicted octanol–water partition coefficient (Wildman–Crippen LogP) is -1.06. The number of imidazole rings is 1. The fraction of sp³-hybridized carbons (Fsp3) is 0.481. The maximum absolute atomic E-state index is 14.6. The molecule has 0 saturated carbocycles. The van der Waals surface area contributed by atoms with Crippen LogP contribution in [-0.4, -0.2) is 136 Å². The third-order valence-electron chi connectivity index (χ3n) is 12.8. The maximum Gasteiger partial charge on any atom is 0.243 e. The number of carbonyl (C=O) groups is 10. The van der Waals surface area contributed by atoms with Crippen molar-refractivity contribution < 1.29 is 47.9 Å². The molecule has 24 heteroatoms. The molecule has 1 fully saturated rings. The van der Waals surface area contributed by atoms with E-state index in [4.69, 9.17) is 11.5 Å². The lowest BCUT2D eigenvalue weighted by molar-refractivity contribution is -0.135. The Labute approximate surface area is 440 Å². The number of aromatic amines is 2. The molecule has 0 unspecified atom stereocenters. The molecule has 10 amide bonds. The van der Waals surface area contributed by atoms with E-state index in [9.17, 15) is 47.9 Å². The molecular weight excluding hydrogens is 981 g/mol. The predicted molar refractivity (Wildman–Crippen MR) is 280 cm³/mol. The number of H-pyrrole nitrogens is 2. The third-order valence-corrected chi connectivity index (χ3v) is 12.8. The van der Waals surface area contributed by atoms with Crippen molar-refractivity contribution in [3.63, 3.8) is 0 Å². The van der Waals surface area contributed by atoms with Crippen LogP contribution in [0.2, 0.25) is 0 Å². The van der Waals surface area contributed by atoms with Gasteiger partial charge in [-0.05, 0) is 68.7 Å². The monoisotopic (exact) mass is 1050 g/mol. The summed E-state index contributed by atoms with van der Waals surface area (Å²) in [5, 5.41) is 24.9. The van der Waals surface area contributed by atoms with E-state index in [1.165, 1.54) is 19.4 Å². The molecule has 1 aliphatic rings. The highest BCUT2D eigenvalue weighted by Gasteiger charge is 2.35. The van der Waals surface area contributed by atoms with Crippen LogP contribution >= 0.6 is 0 Å². The highest BCUT2D eigenvalue weighted by molar-refractivity contribution is 5.98. The number of hydrogen-bond donors (Lipinski definition) is 13. The summed E-state index contributed by atoms with van der Waals surface area (Å²) in [5.74, 6) is -7.14. The second-order valence-corrected chi connectivity index (χ2v) is 18.8. The molecule has 2 aromatic carbocycles. The molecule has 4 aromatic rings. The van der Waals surface area contributed by atoms with Crippen molar-refractivity contribution in [1.82, 2.24) is 62.8 Å². The first-order valence-corrected chi connectivity index (χ1v) is 25.7. The Balaban J connectivity index is 1.45. The van der Waals surface area contributed by atoms with Gasteiger partial charge in [0, 0.05) is 68.1 Å². The highest BCUT2D eigenvalue weighted by Crippen LogP contribution is 2.20. The van der Waals surface area contributed by atoms with Crippen LogP contribution in [0.1, 0.15) is 94.9 Å². The van der Waals surface area contributed by atoms with Crippen LogP contribution in [0.15, 0.2) is 73.3 Å². The Kier molecular flexibility index (Phi) is 23.4. The maximum atomic E-state index is 14.6. The van der Waals surface area contributed by atoms with Crippen LogP contribution in [0.5, 0.6) is 0 Å². The number of fused-ring (bicyclic) bond motifs is 1. The van der Waals surface area contributed by atoms with E-state index in [2.05, 4.69) is 62.8 Å². The Morgan fingerprint density at radius 3 is 2.18 bits per heavy atom. The smallest absolute Gasteiger partial charge is 0.243 e. The number of nitrogens with one attached hydrogen (secondary N) is 11. The minimum absolute atomic E-state index is 0.0121. The van der Waals surface area contributed by atoms with E-state index in [-0.39, 0.29) is 57.9 Å². The average Bonchev–Trinajstić information content (AvgIpc) is 4.07. The zero-order valence-electron chi connectivity index (χ0n) is 43.0. The summed E-state index contributed by atoms with van der Waals surface area (Å²) in [5.41, 5.74) is 13.5. The lowest BCUT2D eigenvalue weighted by atomic mass is 10.0. The number of unbranched alkanes of at least 4 members (excludes halogenated alkanes) is 2. The zero-order valence-corrected chi connectivity index (χ0v) is 43.0. The first kappa shape index (κ1) is 58.7. The molecule has 7 atom stereocenters. The number of rotatable bonds is 23. The van der Waals surface area contributed by atoms with E-state index in [0.717, 1.165) is 17.3 Å². The molecule has 1 saturated heterocycles. The molecule has 1 aliphatic heterocycles. The van der Waals surface area contributed by atoms with Crippen LogP contribution < -0.4 is 59.3 Å². The molecule has 0 spiro atoms. The van der Waals surface area contributed by atoms with E-state index in [1.54, 1.807) is 42.6 Å². The summed E-state index contributed by atoms with van der Waals surface area (Å²) in [6.45, 7) is 3.01. The minimum atomic E-state index is -1.49. The van der Waals surface area contributed by atoms with Crippen LogP contribution in [0.25, 0.3) is 10.9 Å². The van der Waals surface area contributed by atoms with Gasteiger partial charge in [0.1, 0.15) is 42.3 Å². The second-order valence-electron chi connectivity index (χ2n) is 18.8. The van der Waals surface area contributed by atoms with Crippen molar-refractivity contribution in [2.24, 2.45) is 11.5 Å². The SMILES string of the molecule is CCCC[C@H](NC(C)=O)C(=O)N[C@H]1CCCNC(=O)CC[C@H](C(=O)N[C@@H](Cc2c[nH]c3ccccc23)C(=O)NCC(=O)N[C@@H](CCCCN)C(N)=O)NC(=O)[C@@H](Cc2ccccc2)NC(=O)[C@@H](Cc2cnc[nH]2)NC1=O. The van der Waals surface area contributed by atoms with Gasteiger partial charge in [0.2, 0.25) is 59.1 Å². The topological polar surface area (TPSA) is 375 Å². The Bertz CT molecular complexity index is 2610. The summed E-state index contributed by atoms with van der Waals surface area (Å²) in [6, 6.07) is 7.14. The summed E-state index contributed by atoms with van der Waals surface area (Å²) in [6.07, 6.45) is 6.70. The standard InChI is InChI=1S/C52H72N14O10/c1-3-4-16-38(60-31(2)67)48(72)62-39-19-12-23-56-44(68)21-20-40(63-51(75)41(24-32-13-6-5-7-14-32)64-52(76)43(66-49(39)73)26-34-28-55-30-59-34)50(74)65-42(25-33-27-57-36-17-9-8-15-35(33)36)47(71)58-29-45(69)61-37(46(54)70)18-10-11-22-53/h5-9,13-15,17,27-28,30,37-43,57H,3-4,10-12,16,18-26,29,53H2,1-2H3,(H2,54,70)(H,55,59)(H,56,68)(H,58,71)(H,60,67)(H,61,69)(H,62,72)(H,63,75)(H,64,76)(H,65,74)(H,66,73)/t37-,38-,39-,40+,41+,42-,43+/m0/s1. The van der Waals surface area contributed by atoms with E-state index >= 15 is 0 Å². The summed E-state index contributed by atoms with van der Waals surface area (Å²) in [7, 11) is 0. The van der Waals surface area contributed by atoms with Gasteiger partial charge >= 0.3 is 0 Å². The number of aromatic nitrogens is 3. The fourth-order valence-electron chi connectivity index (χ4n) is 8.65. The normalized spacial score (nSPS) is 19.0. The van der Waals surface area contributed by atoms with Crippen molar-refractivity contribution in [3.05, 3.63) is 90.1 Å². The molecule has 0 radical (unpaired) electrons. The first-order chi connectivity index (χ1) is 36.5. The molecule has 0 aliphatic carbocycles. The molecule has 24 nitrogen and oxygen atoms in total. The van der Waals surface area contributed by atoms with Crippen LogP contribution in [-0.2, 0) is 67.2 Å². The lowest BCUT2D eigenvalue weighted by Crippen LogP contribution is -2.60. The number of primary amides is 1. The van der Waals surface area contributed by atoms with Gasteiger partial charge in [0.25, 0.3) is 0 Å². The molecule has 5 rings (SSSR count). The number of nitrogens with zero attached hydrogens (tertiary/aromatic N) is 1. The van der Waals surface area contributed by atoms with E-state index < -0.39 is 108 Å². The molecule has 0 bridgehead atoms. The lowest BCUT2D eigenvalue weighted by Gasteiger charge is -2.27. The molecule has 3 heterocycles. The van der Waals surface area contributed by atoms with Gasteiger partial charge in [0.15, 0.2) is 0 Å². The van der Waals surface area contributed by atoms with E-state index in [0.29, 0.717) is 49.0 Å². The van der Waals surface area contributed by atoms with Gasteiger partial charge < -0.3 is 69.3 Å². The molecule has 15 N–H and O–H groups in total. The Hall–Kier alpha value is -8.15. The van der Waals surface area contributed by atoms with Gasteiger partial charge in [-0.15, -0.1) is 0 Å². The Morgan fingerprint density at radius 1 is 0.763 bits per heavy atom. The van der Waals surface area contributed by atoms with Gasteiger partial charge in [0.05, 0.1) is 12.9 Å². The van der Waals surface area contributed by atoms with Gasteiger partial charge in [-0.1, -0.05) is 68.3 Å². The molecular formula is C52H72N14O10. The van der Waals surface area contributed by atoms with Gasteiger partial charge in [-0.3, -0.25) is 47.9 Å². The van der Waals surface area contributed by atoms with Crippen LogP contribution in [0.3, 0.4) is 0 Å². The molecule has 2 aromatic heterocycles. The van der Waals surface area contributed by atoms with Crippen molar-refractivity contribution in [3.8, 4) is 0 Å². The second kappa shape index (κ2) is 30.3. The quantitative estimate of drug-likeness (QED) is 0.0396. The highest BCUT2D eigenvalue weighted by atomic mass is 16.2. The Morgan fingerprint density at radius 2 is 1.47 bits per heavy atom. The number of benzene rings is 2.